The van der Waals surface area contributed by atoms with Crippen LogP contribution >= 0.6 is 0 Å². The first-order valence-electron chi connectivity index (χ1n) is 7.74. The molecule has 0 heterocycles. The normalized spacial score (nSPS) is 17.1. The maximum Gasteiger partial charge on any atom is 0.326 e. The van der Waals surface area contributed by atoms with E-state index in [0.29, 0.717) is 18.6 Å². The third-order valence-electron chi connectivity index (χ3n) is 4.09. The Hall–Kier alpha value is -2.05. The fourth-order valence-electron chi connectivity index (χ4n) is 2.80. The second-order valence-electron chi connectivity index (χ2n) is 5.76. The lowest BCUT2D eigenvalue weighted by Gasteiger charge is -2.21. The summed E-state index contributed by atoms with van der Waals surface area (Å²) in [6.45, 7) is 0. The largest absolute Gasteiger partial charge is 0.480 e. The van der Waals surface area contributed by atoms with E-state index < -0.39 is 29.8 Å². The van der Waals surface area contributed by atoms with Gasteiger partial charge in [0.05, 0.1) is 0 Å². The van der Waals surface area contributed by atoms with E-state index in [1.807, 2.05) is 0 Å². The number of nitrogens with zero attached hydrogens (tertiary/aromatic N) is 2. The number of hydrogen-bond acceptors (Lipinski definition) is 4. The summed E-state index contributed by atoms with van der Waals surface area (Å²) >= 11 is 0. The molecule has 8 heteroatoms. The van der Waals surface area contributed by atoms with Crippen LogP contribution in [0.25, 0.3) is 5.53 Å². The van der Waals surface area contributed by atoms with Crippen molar-refractivity contribution < 1.29 is 29.0 Å². The molecule has 0 radical (unpaired) electrons. The number of nitrogens with one attached hydrogen (secondary N) is 1. The second-order valence-corrected chi connectivity index (χ2v) is 5.76. The van der Waals surface area contributed by atoms with Crippen molar-refractivity contribution in [3.63, 3.8) is 0 Å². The van der Waals surface area contributed by atoms with Crippen LogP contribution in [0.4, 0.5) is 0 Å². The molecule has 1 saturated carbocycles. The number of carbonyl (C=O) groups excluding carboxylic acids is 2. The zero-order valence-corrected chi connectivity index (χ0v) is 13.2. The number of carbonyl (C=O) groups is 3. The first-order chi connectivity index (χ1) is 11.0. The van der Waals surface area contributed by atoms with Gasteiger partial charge in [0.25, 0.3) is 0 Å². The van der Waals surface area contributed by atoms with Crippen molar-refractivity contribution in [3.8, 4) is 0 Å². The molecule has 0 saturated heterocycles. The SMILES string of the molecule is CO[C@@H](CC1CCCC1)C(=O)N[C@@H](CCC(=O)C=[N+]=[N-])C(=O)O. The summed E-state index contributed by atoms with van der Waals surface area (Å²) in [4.78, 5) is 37.2. The number of ketones is 1. The summed E-state index contributed by atoms with van der Waals surface area (Å²) < 4.78 is 5.19. The van der Waals surface area contributed by atoms with E-state index in [-0.39, 0.29) is 12.8 Å². The quantitative estimate of drug-likeness (QED) is 0.349. The van der Waals surface area contributed by atoms with E-state index in [1.165, 1.54) is 7.11 Å². The van der Waals surface area contributed by atoms with Crippen LogP contribution in [-0.4, -0.2) is 53.0 Å². The summed E-state index contributed by atoms with van der Waals surface area (Å²) in [5, 5.41) is 11.6. The van der Waals surface area contributed by atoms with Crippen LogP contribution in [0.15, 0.2) is 0 Å². The minimum atomic E-state index is -1.22. The molecule has 2 N–H and O–H groups in total. The van der Waals surface area contributed by atoms with Gasteiger partial charge in [-0.2, -0.15) is 4.79 Å². The van der Waals surface area contributed by atoms with E-state index in [0.717, 1.165) is 25.7 Å². The van der Waals surface area contributed by atoms with Crippen LogP contribution in [0.2, 0.25) is 0 Å². The number of ether oxygens (including phenoxy) is 1. The van der Waals surface area contributed by atoms with Crippen LogP contribution in [0.3, 0.4) is 0 Å². The summed E-state index contributed by atoms with van der Waals surface area (Å²) in [7, 11) is 1.43. The molecule has 1 fully saturated rings. The molecule has 0 aromatic heterocycles. The fourth-order valence-corrected chi connectivity index (χ4v) is 2.80. The Morgan fingerprint density at radius 2 is 2.04 bits per heavy atom. The van der Waals surface area contributed by atoms with Gasteiger partial charge in [0, 0.05) is 13.5 Å². The first kappa shape index (κ1) is 19.0. The standard InChI is InChI=1S/C15H23N3O5/c1-23-13(8-10-4-2-3-5-10)14(20)18-12(15(21)22)7-6-11(19)9-17-16/h9-10,12-13H,2-8H2,1H3,(H,18,20)(H,21,22)/t12-,13-/m0/s1. The molecule has 8 nitrogen and oxygen atoms in total. The Morgan fingerprint density at radius 3 is 2.57 bits per heavy atom. The molecule has 2 atom stereocenters. The number of methoxy groups -OCH3 is 1. The molecule has 1 rings (SSSR count). The Morgan fingerprint density at radius 1 is 1.39 bits per heavy atom. The maximum absolute atomic E-state index is 12.2. The van der Waals surface area contributed by atoms with E-state index >= 15 is 0 Å². The highest BCUT2D eigenvalue weighted by Crippen LogP contribution is 2.29. The molecule has 1 aliphatic carbocycles. The third-order valence-corrected chi connectivity index (χ3v) is 4.09. The van der Waals surface area contributed by atoms with Crippen LogP contribution in [-0.2, 0) is 19.1 Å². The van der Waals surface area contributed by atoms with Crippen molar-refractivity contribution in [3.05, 3.63) is 5.53 Å². The Labute approximate surface area is 134 Å². The van der Waals surface area contributed by atoms with Crippen molar-refractivity contribution >= 4 is 23.9 Å². The monoisotopic (exact) mass is 325 g/mol. The van der Waals surface area contributed by atoms with Gasteiger partial charge >= 0.3 is 12.2 Å². The molecule has 0 unspecified atom stereocenters. The van der Waals surface area contributed by atoms with Gasteiger partial charge in [-0.3, -0.25) is 9.59 Å². The van der Waals surface area contributed by atoms with Gasteiger partial charge in [-0.25, -0.2) is 4.79 Å². The van der Waals surface area contributed by atoms with E-state index in [4.69, 9.17) is 15.4 Å². The molecular weight excluding hydrogens is 302 g/mol. The average molecular weight is 325 g/mol. The number of rotatable bonds is 10. The number of carboxylic acids is 1. The van der Waals surface area contributed by atoms with Crippen molar-refractivity contribution in [1.29, 1.82) is 0 Å². The minimum Gasteiger partial charge on any atom is -0.480 e. The summed E-state index contributed by atoms with van der Waals surface area (Å²) in [5.74, 6) is -1.78. The molecule has 0 spiro atoms. The summed E-state index contributed by atoms with van der Waals surface area (Å²) in [5.41, 5.74) is 8.24. The van der Waals surface area contributed by atoms with Gasteiger partial charge in [0.2, 0.25) is 11.7 Å². The molecule has 23 heavy (non-hydrogen) atoms. The van der Waals surface area contributed by atoms with E-state index in [1.54, 1.807) is 0 Å². The van der Waals surface area contributed by atoms with E-state index in [2.05, 4.69) is 10.1 Å². The predicted molar refractivity (Wildman–Crippen MR) is 80.9 cm³/mol. The van der Waals surface area contributed by atoms with Gasteiger partial charge in [-0.15, -0.1) is 0 Å². The Bertz CT molecular complexity index is 482. The van der Waals surface area contributed by atoms with Crippen LogP contribution in [0, 0.1) is 5.92 Å². The fraction of sp³-hybridized carbons (Fsp3) is 0.733. The van der Waals surface area contributed by atoms with Crippen LogP contribution in [0.5, 0.6) is 0 Å². The van der Waals surface area contributed by atoms with Crippen molar-refractivity contribution in [2.45, 2.75) is 57.1 Å². The van der Waals surface area contributed by atoms with Crippen molar-refractivity contribution in [1.82, 2.24) is 5.32 Å². The van der Waals surface area contributed by atoms with Gasteiger partial charge in [-0.1, -0.05) is 25.7 Å². The predicted octanol–water partition coefficient (Wildman–Crippen LogP) is 0.801. The molecule has 0 aliphatic heterocycles. The van der Waals surface area contributed by atoms with Crippen molar-refractivity contribution in [2.75, 3.05) is 7.11 Å². The lowest BCUT2D eigenvalue weighted by Crippen LogP contribution is -2.46. The minimum absolute atomic E-state index is 0.0776. The number of Topliss-reactive ketones (excluding diaryl/α,β-unsaturated/α-hetero) is 1. The lowest BCUT2D eigenvalue weighted by atomic mass is 9.99. The number of carboxylic acid groups (broad SMARTS) is 1. The smallest absolute Gasteiger partial charge is 0.326 e. The number of hydrogen-bond donors (Lipinski definition) is 2. The zero-order chi connectivity index (χ0) is 17.2. The van der Waals surface area contributed by atoms with Gasteiger partial charge < -0.3 is 20.7 Å². The molecule has 0 aromatic rings. The van der Waals surface area contributed by atoms with Crippen LogP contribution < -0.4 is 5.32 Å². The highest BCUT2D eigenvalue weighted by molar-refractivity contribution is 6.25. The highest BCUT2D eigenvalue weighted by atomic mass is 16.5. The maximum atomic E-state index is 12.2. The molecule has 0 bridgehead atoms. The lowest BCUT2D eigenvalue weighted by molar-refractivity contribution is -0.144. The Kier molecular flexibility index (Phi) is 8.15. The average Bonchev–Trinajstić information content (AvgIpc) is 3.01. The highest BCUT2D eigenvalue weighted by Gasteiger charge is 2.28. The molecule has 128 valence electrons. The van der Waals surface area contributed by atoms with Gasteiger partial charge in [-0.05, 0) is 18.8 Å². The Balaban J connectivity index is 2.55. The second kappa shape index (κ2) is 9.86. The molecule has 1 aliphatic rings. The summed E-state index contributed by atoms with van der Waals surface area (Å²) in [6.07, 6.45) is 4.80. The topological polar surface area (TPSA) is 129 Å². The first-order valence-corrected chi connectivity index (χ1v) is 7.74. The van der Waals surface area contributed by atoms with Crippen LogP contribution in [0.1, 0.15) is 44.9 Å². The molecule has 0 aromatic carbocycles. The third kappa shape index (κ3) is 6.71. The van der Waals surface area contributed by atoms with Gasteiger partial charge in [0.1, 0.15) is 12.1 Å². The van der Waals surface area contributed by atoms with Gasteiger partial charge in [0.15, 0.2) is 0 Å². The number of amides is 1. The summed E-state index contributed by atoms with van der Waals surface area (Å²) in [6, 6.07) is -1.18. The molecule has 1 amide bonds. The van der Waals surface area contributed by atoms with Crippen molar-refractivity contribution in [2.24, 2.45) is 5.92 Å². The zero-order valence-electron chi connectivity index (χ0n) is 13.2. The van der Waals surface area contributed by atoms with E-state index in [9.17, 15) is 14.4 Å². The molecular formula is C15H23N3O5. The number of aliphatic carboxylic acids is 1.